The molecule has 0 saturated carbocycles. The van der Waals surface area contributed by atoms with Crippen LogP contribution in [-0.2, 0) is 9.53 Å². The lowest BCUT2D eigenvalue weighted by molar-refractivity contribution is -0.151. The van der Waals surface area contributed by atoms with Gasteiger partial charge in [0.2, 0.25) is 0 Å². The molecule has 0 saturated heterocycles. The molecule has 1 unspecified atom stereocenters. The molecule has 0 aliphatic carbocycles. The van der Waals surface area contributed by atoms with Crippen molar-refractivity contribution in [3.63, 3.8) is 0 Å². The molecule has 0 bridgehead atoms. The second-order valence-corrected chi connectivity index (χ2v) is 5.44. The highest BCUT2D eigenvalue weighted by Crippen LogP contribution is 2.34. The molecular formula is C17H27NO2. The first-order valence-corrected chi connectivity index (χ1v) is 7.52. The average Bonchev–Trinajstić information content (AvgIpc) is 2.45. The molecule has 3 heteroatoms. The standard InChI is InChI=1S/C17H27NO2/c1-5-14(6-2)16(15-10-8-7-9-11-15)13(4)20-17(19)12(3)18/h7-14,16H,5-6,18H2,1-4H3/t12-,13?,16-/m0/s1. The number of ether oxygens (including phenoxy) is 1. The van der Waals surface area contributed by atoms with Crippen LogP contribution in [0.2, 0.25) is 0 Å². The molecule has 3 atom stereocenters. The van der Waals surface area contributed by atoms with Gasteiger partial charge < -0.3 is 10.5 Å². The minimum Gasteiger partial charge on any atom is -0.461 e. The Morgan fingerprint density at radius 2 is 1.70 bits per heavy atom. The summed E-state index contributed by atoms with van der Waals surface area (Å²) in [6.45, 7) is 7.99. The predicted molar refractivity (Wildman–Crippen MR) is 82.5 cm³/mol. The molecule has 3 nitrogen and oxygen atoms in total. The van der Waals surface area contributed by atoms with E-state index in [1.165, 1.54) is 5.56 Å². The summed E-state index contributed by atoms with van der Waals surface area (Å²) in [5.74, 6) is 0.381. The number of carbonyl (C=O) groups is 1. The maximum absolute atomic E-state index is 11.7. The minimum absolute atomic E-state index is 0.166. The Labute approximate surface area is 122 Å². The Balaban J connectivity index is 2.96. The fourth-order valence-corrected chi connectivity index (χ4v) is 2.76. The Hall–Kier alpha value is -1.35. The highest BCUT2D eigenvalue weighted by Gasteiger charge is 2.29. The molecule has 2 N–H and O–H groups in total. The van der Waals surface area contributed by atoms with Crippen molar-refractivity contribution in [3.05, 3.63) is 35.9 Å². The van der Waals surface area contributed by atoms with Gasteiger partial charge in [0.25, 0.3) is 0 Å². The van der Waals surface area contributed by atoms with Crippen molar-refractivity contribution in [2.75, 3.05) is 0 Å². The lowest BCUT2D eigenvalue weighted by atomic mass is 9.79. The zero-order valence-electron chi connectivity index (χ0n) is 13.0. The summed E-state index contributed by atoms with van der Waals surface area (Å²) in [4.78, 5) is 11.7. The highest BCUT2D eigenvalue weighted by molar-refractivity contribution is 5.75. The van der Waals surface area contributed by atoms with Crippen LogP contribution in [0.5, 0.6) is 0 Å². The molecule has 20 heavy (non-hydrogen) atoms. The number of hydrogen-bond acceptors (Lipinski definition) is 3. The van der Waals surface area contributed by atoms with Crippen molar-refractivity contribution in [1.29, 1.82) is 0 Å². The Morgan fingerprint density at radius 1 is 1.15 bits per heavy atom. The van der Waals surface area contributed by atoms with Gasteiger partial charge >= 0.3 is 5.97 Å². The van der Waals surface area contributed by atoms with Crippen LogP contribution in [0.15, 0.2) is 30.3 Å². The van der Waals surface area contributed by atoms with Gasteiger partial charge in [-0.2, -0.15) is 0 Å². The smallest absolute Gasteiger partial charge is 0.322 e. The molecular weight excluding hydrogens is 250 g/mol. The monoisotopic (exact) mass is 277 g/mol. The Morgan fingerprint density at radius 3 is 2.15 bits per heavy atom. The molecule has 0 aliphatic heterocycles. The molecule has 0 fully saturated rings. The van der Waals surface area contributed by atoms with E-state index in [-0.39, 0.29) is 18.0 Å². The first-order chi connectivity index (χ1) is 9.51. The zero-order chi connectivity index (χ0) is 15.1. The number of nitrogens with two attached hydrogens (primary N) is 1. The van der Waals surface area contributed by atoms with Gasteiger partial charge in [-0.15, -0.1) is 0 Å². The summed E-state index contributed by atoms with van der Waals surface area (Å²) < 4.78 is 5.55. The van der Waals surface area contributed by atoms with Gasteiger partial charge in [-0.3, -0.25) is 4.79 Å². The van der Waals surface area contributed by atoms with E-state index < -0.39 is 6.04 Å². The second-order valence-electron chi connectivity index (χ2n) is 5.44. The van der Waals surface area contributed by atoms with E-state index >= 15 is 0 Å². The first kappa shape index (κ1) is 16.7. The van der Waals surface area contributed by atoms with E-state index in [9.17, 15) is 4.79 Å². The van der Waals surface area contributed by atoms with Crippen molar-refractivity contribution < 1.29 is 9.53 Å². The first-order valence-electron chi connectivity index (χ1n) is 7.52. The van der Waals surface area contributed by atoms with Crippen LogP contribution in [0.4, 0.5) is 0 Å². The fourth-order valence-electron chi connectivity index (χ4n) is 2.76. The molecule has 0 aromatic heterocycles. The molecule has 0 aliphatic rings. The molecule has 0 radical (unpaired) electrons. The maximum Gasteiger partial charge on any atom is 0.322 e. The van der Waals surface area contributed by atoms with Crippen LogP contribution in [-0.4, -0.2) is 18.1 Å². The summed E-state index contributed by atoms with van der Waals surface area (Å²) in [6, 6.07) is 9.72. The SMILES string of the molecule is CCC(CC)[C@@H](c1ccccc1)C(C)OC(=O)[C@H](C)N. The van der Waals surface area contributed by atoms with Crippen molar-refractivity contribution in [3.8, 4) is 0 Å². The molecule has 0 heterocycles. The number of esters is 1. The highest BCUT2D eigenvalue weighted by atomic mass is 16.5. The molecule has 1 aromatic carbocycles. The summed E-state index contributed by atoms with van der Waals surface area (Å²) in [6.07, 6.45) is 1.97. The van der Waals surface area contributed by atoms with Gasteiger partial charge in [0.05, 0.1) is 0 Å². The quantitative estimate of drug-likeness (QED) is 0.776. The summed E-state index contributed by atoms with van der Waals surface area (Å²) in [5.41, 5.74) is 6.82. The van der Waals surface area contributed by atoms with Crippen molar-refractivity contribution in [2.45, 2.75) is 58.6 Å². The number of benzene rings is 1. The third-order valence-electron chi connectivity index (χ3n) is 3.92. The summed E-state index contributed by atoms with van der Waals surface area (Å²) in [7, 11) is 0. The van der Waals surface area contributed by atoms with Crippen molar-refractivity contribution in [2.24, 2.45) is 11.7 Å². The van der Waals surface area contributed by atoms with Crippen LogP contribution in [0.1, 0.15) is 52.0 Å². The lowest BCUT2D eigenvalue weighted by Gasteiger charge is -2.31. The van der Waals surface area contributed by atoms with Crippen molar-refractivity contribution >= 4 is 5.97 Å². The summed E-state index contributed by atoms with van der Waals surface area (Å²) in [5, 5.41) is 0. The van der Waals surface area contributed by atoms with Gasteiger partial charge in [-0.25, -0.2) is 0 Å². The largest absolute Gasteiger partial charge is 0.461 e. The van der Waals surface area contributed by atoms with Gasteiger partial charge in [-0.1, -0.05) is 57.0 Å². The maximum atomic E-state index is 11.7. The molecule has 1 aromatic rings. The van der Waals surface area contributed by atoms with E-state index in [1.54, 1.807) is 6.92 Å². The van der Waals surface area contributed by atoms with Gasteiger partial charge in [-0.05, 0) is 25.3 Å². The van der Waals surface area contributed by atoms with E-state index in [0.29, 0.717) is 5.92 Å². The van der Waals surface area contributed by atoms with Crippen LogP contribution in [0, 0.1) is 5.92 Å². The minimum atomic E-state index is -0.574. The molecule has 1 rings (SSSR count). The average molecular weight is 277 g/mol. The Bertz CT molecular complexity index is 399. The van der Waals surface area contributed by atoms with Crippen LogP contribution < -0.4 is 5.73 Å². The molecule has 112 valence electrons. The normalized spacial score (nSPS) is 15.7. The lowest BCUT2D eigenvalue weighted by Crippen LogP contribution is -2.35. The number of rotatable bonds is 7. The number of hydrogen-bond donors (Lipinski definition) is 1. The van der Waals surface area contributed by atoms with Crippen LogP contribution in [0.25, 0.3) is 0 Å². The van der Waals surface area contributed by atoms with Crippen LogP contribution >= 0.6 is 0 Å². The molecule has 0 spiro atoms. The Kier molecular flexibility index (Phi) is 6.73. The van der Waals surface area contributed by atoms with E-state index in [0.717, 1.165) is 12.8 Å². The summed E-state index contributed by atoms with van der Waals surface area (Å²) >= 11 is 0. The molecule has 0 amide bonds. The van der Waals surface area contributed by atoms with Gasteiger partial charge in [0.15, 0.2) is 0 Å². The van der Waals surface area contributed by atoms with E-state index in [4.69, 9.17) is 10.5 Å². The van der Waals surface area contributed by atoms with Gasteiger partial charge in [0, 0.05) is 5.92 Å². The fraction of sp³-hybridized carbons (Fsp3) is 0.588. The second kappa shape index (κ2) is 8.05. The van der Waals surface area contributed by atoms with Crippen LogP contribution in [0.3, 0.4) is 0 Å². The third-order valence-corrected chi connectivity index (χ3v) is 3.92. The predicted octanol–water partition coefficient (Wildman–Crippen LogP) is 3.49. The van der Waals surface area contributed by atoms with Crippen molar-refractivity contribution in [1.82, 2.24) is 0 Å². The zero-order valence-corrected chi connectivity index (χ0v) is 13.0. The van der Waals surface area contributed by atoms with E-state index in [2.05, 4.69) is 26.0 Å². The van der Waals surface area contributed by atoms with Gasteiger partial charge in [0.1, 0.15) is 12.1 Å². The topological polar surface area (TPSA) is 52.3 Å². The third kappa shape index (κ3) is 4.34. The number of carbonyl (C=O) groups excluding carboxylic acids is 1. The van der Waals surface area contributed by atoms with E-state index in [1.807, 2.05) is 25.1 Å².